The van der Waals surface area contributed by atoms with Crippen LogP contribution in [0.5, 0.6) is 0 Å². The van der Waals surface area contributed by atoms with Crippen LogP contribution in [0.1, 0.15) is 36.1 Å². The van der Waals surface area contributed by atoms with Crippen molar-refractivity contribution in [3.63, 3.8) is 0 Å². The standard InChI is InChI=1S/C24H26O/c1-4-21(10-7-20(3)25)11-12-23-15-17-24(18-16-23)14-13-22-8-5-19(2)6-9-22/h4-18,20,25H,1-3H3/b10-7-,12-11+,14-13+,21-4+. The Hall–Kier alpha value is -2.64. The summed E-state index contributed by atoms with van der Waals surface area (Å²) in [6.07, 6.45) is 13.7. The van der Waals surface area contributed by atoms with Gasteiger partial charge in [0.2, 0.25) is 0 Å². The molecule has 2 aromatic carbocycles. The number of aliphatic hydroxyl groups is 1. The van der Waals surface area contributed by atoms with Crippen molar-refractivity contribution in [3.8, 4) is 0 Å². The van der Waals surface area contributed by atoms with E-state index >= 15 is 0 Å². The van der Waals surface area contributed by atoms with Gasteiger partial charge in [0.15, 0.2) is 0 Å². The van der Waals surface area contributed by atoms with Gasteiger partial charge < -0.3 is 5.11 Å². The molecule has 0 aliphatic heterocycles. The first-order valence-electron chi connectivity index (χ1n) is 8.62. The van der Waals surface area contributed by atoms with Gasteiger partial charge in [0.05, 0.1) is 6.10 Å². The van der Waals surface area contributed by atoms with Crippen molar-refractivity contribution < 1.29 is 5.11 Å². The van der Waals surface area contributed by atoms with Crippen molar-refractivity contribution in [2.75, 3.05) is 0 Å². The average Bonchev–Trinajstić information content (AvgIpc) is 2.62. The SMILES string of the molecule is C/C=C(\C=C/C(C)O)/C=C/c1ccc(/C=C/c2ccc(C)cc2)cc1. The molecule has 1 N–H and O–H groups in total. The van der Waals surface area contributed by atoms with Gasteiger partial charge in [-0.25, -0.2) is 0 Å². The number of rotatable bonds is 6. The molecule has 1 unspecified atom stereocenters. The Kier molecular flexibility index (Phi) is 7.18. The van der Waals surface area contributed by atoms with Crippen molar-refractivity contribution in [2.45, 2.75) is 26.9 Å². The minimum atomic E-state index is -0.428. The zero-order chi connectivity index (χ0) is 18.1. The lowest BCUT2D eigenvalue weighted by atomic mass is 10.1. The molecule has 1 atom stereocenters. The molecule has 128 valence electrons. The number of benzene rings is 2. The maximum absolute atomic E-state index is 9.31. The molecule has 0 saturated carbocycles. The zero-order valence-corrected chi connectivity index (χ0v) is 15.2. The molecule has 0 radical (unpaired) electrons. The quantitative estimate of drug-likeness (QED) is 0.504. The molecule has 25 heavy (non-hydrogen) atoms. The Morgan fingerprint density at radius 3 is 1.76 bits per heavy atom. The molecule has 2 aromatic rings. The molecule has 1 heteroatoms. The summed E-state index contributed by atoms with van der Waals surface area (Å²) in [5.41, 5.74) is 5.88. The number of aryl methyl sites for hydroxylation is 1. The van der Waals surface area contributed by atoms with Gasteiger partial charge in [-0.2, -0.15) is 0 Å². The maximum atomic E-state index is 9.31. The van der Waals surface area contributed by atoms with Gasteiger partial charge in [0.1, 0.15) is 0 Å². The van der Waals surface area contributed by atoms with Gasteiger partial charge in [-0.1, -0.05) is 96.6 Å². The van der Waals surface area contributed by atoms with Crippen molar-refractivity contribution in [3.05, 3.63) is 101 Å². The van der Waals surface area contributed by atoms with Gasteiger partial charge in [-0.3, -0.25) is 0 Å². The smallest absolute Gasteiger partial charge is 0.0696 e. The highest BCUT2D eigenvalue weighted by Crippen LogP contribution is 2.12. The molecule has 2 rings (SSSR count). The first kappa shape index (κ1) is 18.7. The van der Waals surface area contributed by atoms with Gasteiger partial charge in [0.25, 0.3) is 0 Å². The Labute approximate surface area is 151 Å². The van der Waals surface area contributed by atoms with E-state index in [4.69, 9.17) is 0 Å². The molecular formula is C24H26O. The third kappa shape index (κ3) is 6.78. The molecule has 0 saturated heterocycles. The molecule has 0 heterocycles. The summed E-state index contributed by atoms with van der Waals surface area (Å²) in [5, 5.41) is 9.31. The highest BCUT2D eigenvalue weighted by molar-refractivity contribution is 5.70. The molecule has 0 bridgehead atoms. The van der Waals surface area contributed by atoms with Gasteiger partial charge in [-0.05, 0) is 43.0 Å². The largest absolute Gasteiger partial charge is 0.389 e. The number of aliphatic hydroxyl groups excluding tert-OH is 1. The fourth-order valence-corrected chi connectivity index (χ4v) is 2.28. The lowest BCUT2D eigenvalue weighted by Gasteiger charge is -1.99. The summed E-state index contributed by atoms with van der Waals surface area (Å²) in [4.78, 5) is 0. The minimum absolute atomic E-state index is 0.428. The summed E-state index contributed by atoms with van der Waals surface area (Å²) in [7, 11) is 0. The van der Waals surface area contributed by atoms with Crippen LogP contribution in [0.2, 0.25) is 0 Å². The Morgan fingerprint density at radius 2 is 1.28 bits per heavy atom. The topological polar surface area (TPSA) is 20.2 Å². The third-order valence-electron chi connectivity index (χ3n) is 3.85. The average molecular weight is 330 g/mol. The second kappa shape index (κ2) is 9.61. The van der Waals surface area contributed by atoms with Crippen molar-refractivity contribution in [2.24, 2.45) is 0 Å². The van der Waals surface area contributed by atoms with E-state index in [0.29, 0.717) is 0 Å². The lowest BCUT2D eigenvalue weighted by molar-refractivity contribution is 0.244. The van der Waals surface area contributed by atoms with E-state index in [1.807, 2.05) is 19.1 Å². The Balaban J connectivity index is 2.01. The van der Waals surface area contributed by atoms with E-state index in [2.05, 4.69) is 79.8 Å². The Morgan fingerprint density at radius 1 is 0.800 bits per heavy atom. The lowest BCUT2D eigenvalue weighted by Crippen LogP contribution is -1.91. The van der Waals surface area contributed by atoms with Crippen LogP contribution in [0.15, 0.2) is 78.4 Å². The van der Waals surface area contributed by atoms with E-state index < -0.39 is 6.10 Å². The molecular weight excluding hydrogens is 304 g/mol. The monoisotopic (exact) mass is 330 g/mol. The van der Waals surface area contributed by atoms with Crippen molar-refractivity contribution >= 4 is 18.2 Å². The summed E-state index contributed by atoms with van der Waals surface area (Å²) >= 11 is 0. The predicted octanol–water partition coefficient (Wildman–Crippen LogP) is 6.06. The van der Waals surface area contributed by atoms with Crippen LogP contribution in [-0.2, 0) is 0 Å². The fraction of sp³-hybridized carbons (Fsp3) is 0.167. The highest BCUT2D eigenvalue weighted by atomic mass is 16.3. The van der Waals surface area contributed by atoms with E-state index in [1.165, 1.54) is 16.7 Å². The van der Waals surface area contributed by atoms with E-state index in [1.54, 1.807) is 13.0 Å². The molecule has 1 nitrogen and oxygen atoms in total. The number of hydrogen-bond donors (Lipinski definition) is 1. The van der Waals surface area contributed by atoms with Crippen LogP contribution in [0.25, 0.3) is 18.2 Å². The second-order valence-corrected chi connectivity index (χ2v) is 6.13. The van der Waals surface area contributed by atoms with Gasteiger partial charge >= 0.3 is 0 Å². The van der Waals surface area contributed by atoms with Gasteiger partial charge in [-0.15, -0.1) is 0 Å². The molecule has 0 aromatic heterocycles. The zero-order valence-electron chi connectivity index (χ0n) is 15.2. The van der Waals surface area contributed by atoms with Crippen LogP contribution in [0.3, 0.4) is 0 Å². The van der Waals surface area contributed by atoms with Crippen LogP contribution in [0, 0.1) is 6.92 Å². The normalized spacial score (nSPS) is 14.0. The molecule has 0 amide bonds. The van der Waals surface area contributed by atoms with Crippen molar-refractivity contribution in [1.29, 1.82) is 0 Å². The first-order chi connectivity index (χ1) is 12.1. The van der Waals surface area contributed by atoms with Crippen molar-refractivity contribution in [1.82, 2.24) is 0 Å². The van der Waals surface area contributed by atoms with E-state index in [-0.39, 0.29) is 0 Å². The van der Waals surface area contributed by atoms with Crippen LogP contribution in [-0.4, -0.2) is 11.2 Å². The maximum Gasteiger partial charge on any atom is 0.0696 e. The minimum Gasteiger partial charge on any atom is -0.389 e. The van der Waals surface area contributed by atoms with Gasteiger partial charge in [0, 0.05) is 0 Å². The molecule has 0 aliphatic carbocycles. The van der Waals surface area contributed by atoms with Crippen LogP contribution >= 0.6 is 0 Å². The summed E-state index contributed by atoms with van der Waals surface area (Å²) in [5.74, 6) is 0. The number of hydrogen-bond acceptors (Lipinski definition) is 1. The number of allylic oxidation sites excluding steroid dienone is 4. The molecule has 0 fully saturated rings. The third-order valence-corrected chi connectivity index (χ3v) is 3.85. The summed E-state index contributed by atoms with van der Waals surface area (Å²) < 4.78 is 0. The summed E-state index contributed by atoms with van der Waals surface area (Å²) in [6, 6.07) is 17.0. The second-order valence-electron chi connectivity index (χ2n) is 6.13. The van der Waals surface area contributed by atoms with Crippen LogP contribution in [0.4, 0.5) is 0 Å². The predicted molar refractivity (Wildman–Crippen MR) is 110 cm³/mol. The van der Waals surface area contributed by atoms with E-state index in [0.717, 1.165) is 11.1 Å². The van der Waals surface area contributed by atoms with Crippen LogP contribution < -0.4 is 0 Å². The fourth-order valence-electron chi connectivity index (χ4n) is 2.28. The highest BCUT2D eigenvalue weighted by Gasteiger charge is 1.92. The Bertz CT molecular complexity index is 770. The summed E-state index contributed by atoms with van der Waals surface area (Å²) in [6.45, 7) is 5.83. The molecule has 0 spiro atoms. The van der Waals surface area contributed by atoms with E-state index in [9.17, 15) is 5.11 Å². The first-order valence-corrected chi connectivity index (χ1v) is 8.62. The molecule has 0 aliphatic rings.